The summed E-state index contributed by atoms with van der Waals surface area (Å²) in [6, 6.07) is 0. The predicted octanol–water partition coefficient (Wildman–Crippen LogP) is 5.62. The maximum Gasteiger partial charge on any atom is 0.225 e. The lowest BCUT2D eigenvalue weighted by Crippen LogP contribution is -2.51. The Kier molecular flexibility index (Phi) is 7.28. The zero-order chi connectivity index (χ0) is 27.4. The van der Waals surface area contributed by atoms with Crippen LogP contribution in [-0.2, 0) is 6.42 Å². The Balaban J connectivity index is 2.33. The summed E-state index contributed by atoms with van der Waals surface area (Å²) < 4.78 is 207. The molecule has 3 aromatic rings. The van der Waals surface area contributed by atoms with E-state index in [1.807, 2.05) is 0 Å². The van der Waals surface area contributed by atoms with Crippen LogP contribution in [-0.4, -0.2) is 6.71 Å². The first kappa shape index (κ1) is 27.3. The molecule has 3 rings (SSSR count). The van der Waals surface area contributed by atoms with Crippen molar-refractivity contribution >= 4 is 17.6 Å². The van der Waals surface area contributed by atoms with Gasteiger partial charge in [0, 0.05) is 16.5 Å². The standard InChI is InChI=1S/C20H4BF15/c22-6-3(7(23)13(29)18(34)12(6)28)1-2-21(4-8(24)14(30)19(35)15(31)9(4)25)5-10(26)16(32)20(36)17(33)11(5)27/h1-2H2. The average Bonchev–Trinajstić information content (AvgIpc) is 2.85. The molecule has 0 heterocycles. The van der Waals surface area contributed by atoms with E-state index in [1.165, 1.54) is 0 Å². The van der Waals surface area contributed by atoms with Gasteiger partial charge in [0.15, 0.2) is 81.4 Å². The Labute approximate surface area is 190 Å². The zero-order valence-corrected chi connectivity index (χ0v) is 16.7. The molecule has 0 nitrogen and oxygen atoms in total. The molecule has 0 bridgehead atoms. The summed E-state index contributed by atoms with van der Waals surface area (Å²) in [6.45, 7) is -3.07. The smallest absolute Gasteiger partial charge is 0.204 e. The van der Waals surface area contributed by atoms with E-state index < -0.39 is 123 Å². The Morgan fingerprint density at radius 3 is 0.806 bits per heavy atom. The number of hydrogen-bond acceptors (Lipinski definition) is 0. The molecule has 0 saturated heterocycles. The van der Waals surface area contributed by atoms with Gasteiger partial charge in [0.05, 0.1) is 0 Å². The SMILES string of the molecule is Fc1c(F)c(F)c(CCB(c2c(F)c(F)c(F)c(F)c2F)c2c(F)c(F)c(F)c(F)c2F)c(F)c1F. The highest BCUT2D eigenvalue weighted by Gasteiger charge is 2.40. The summed E-state index contributed by atoms with van der Waals surface area (Å²) in [5, 5.41) is 0. The van der Waals surface area contributed by atoms with Crippen molar-refractivity contribution < 1.29 is 65.9 Å². The van der Waals surface area contributed by atoms with Gasteiger partial charge >= 0.3 is 0 Å². The first-order valence-electron chi connectivity index (χ1n) is 9.17. The van der Waals surface area contributed by atoms with Gasteiger partial charge in [0.2, 0.25) is 12.5 Å². The van der Waals surface area contributed by atoms with Gasteiger partial charge in [0.25, 0.3) is 0 Å². The van der Waals surface area contributed by atoms with Crippen LogP contribution in [0.5, 0.6) is 0 Å². The molecule has 3 aromatic carbocycles. The third kappa shape index (κ3) is 4.05. The normalized spacial score (nSPS) is 11.4. The summed E-state index contributed by atoms with van der Waals surface area (Å²) in [6.07, 6.45) is -3.30. The van der Waals surface area contributed by atoms with Crippen LogP contribution in [0.3, 0.4) is 0 Å². The monoisotopic (exact) mass is 540 g/mol. The second kappa shape index (κ2) is 9.62. The van der Waals surface area contributed by atoms with Crippen LogP contribution < -0.4 is 10.9 Å². The fraction of sp³-hybridized carbons (Fsp3) is 0.100. The first-order valence-corrected chi connectivity index (χ1v) is 9.17. The average molecular weight is 540 g/mol. The first-order chi connectivity index (χ1) is 16.6. The van der Waals surface area contributed by atoms with Crippen LogP contribution in [0.25, 0.3) is 0 Å². The van der Waals surface area contributed by atoms with Gasteiger partial charge in [-0.3, -0.25) is 0 Å². The fourth-order valence-corrected chi connectivity index (χ4v) is 3.45. The van der Waals surface area contributed by atoms with E-state index in [9.17, 15) is 65.9 Å². The molecule has 0 aliphatic carbocycles. The number of hydrogen-bond donors (Lipinski definition) is 0. The molecule has 0 aliphatic heterocycles. The lowest BCUT2D eigenvalue weighted by Gasteiger charge is -2.20. The highest BCUT2D eigenvalue weighted by Crippen LogP contribution is 2.26. The van der Waals surface area contributed by atoms with E-state index in [0.29, 0.717) is 0 Å². The summed E-state index contributed by atoms with van der Waals surface area (Å²) >= 11 is 0. The molecule has 0 spiro atoms. The summed E-state index contributed by atoms with van der Waals surface area (Å²) in [7, 11) is 0. The second-order valence-electron chi connectivity index (χ2n) is 7.11. The molecule has 0 N–H and O–H groups in total. The van der Waals surface area contributed by atoms with Crippen molar-refractivity contribution in [3.05, 3.63) is 92.8 Å². The summed E-state index contributed by atoms with van der Waals surface area (Å²) in [5.74, 6) is -40.6. The topological polar surface area (TPSA) is 0 Å². The molecule has 0 unspecified atom stereocenters. The molecular weight excluding hydrogens is 536 g/mol. The second-order valence-corrected chi connectivity index (χ2v) is 7.11. The molecule has 36 heavy (non-hydrogen) atoms. The van der Waals surface area contributed by atoms with Crippen LogP contribution in [0, 0.1) is 87.3 Å². The highest BCUT2D eigenvalue weighted by atomic mass is 19.2. The maximum atomic E-state index is 14.4. The van der Waals surface area contributed by atoms with Crippen LogP contribution in [0.1, 0.15) is 5.56 Å². The van der Waals surface area contributed by atoms with Crippen LogP contribution >= 0.6 is 0 Å². The van der Waals surface area contributed by atoms with Crippen LogP contribution in [0.2, 0.25) is 6.32 Å². The highest BCUT2D eigenvalue weighted by molar-refractivity contribution is 6.85. The van der Waals surface area contributed by atoms with Crippen molar-refractivity contribution in [2.45, 2.75) is 12.7 Å². The Bertz CT molecular complexity index is 1240. The summed E-state index contributed by atoms with van der Waals surface area (Å²) in [4.78, 5) is 0. The van der Waals surface area contributed by atoms with Crippen molar-refractivity contribution in [2.24, 2.45) is 0 Å². The molecular formula is C20H4BF15. The molecule has 0 aliphatic rings. The van der Waals surface area contributed by atoms with Gasteiger partial charge < -0.3 is 0 Å². The number of rotatable bonds is 5. The zero-order valence-electron chi connectivity index (χ0n) is 16.7. The minimum atomic E-state index is -3.07. The van der Waals surface area contributed by atoms with Crippen molar-refractivity contribution in [3.63, 3.8) is 0 Å². The van der Waals surface area contributed by atoms with E-state index in [-0.39, 0.29) is 0 Å². The molecule has 0 atom stereocenters. The van der Waals surface area contributed by atoms with Crippen molar-refractivity contribution in [3.8, 4) is 0 Å². The summed E-state index contributed by atoms with van der Waals surface area (Å²) in [5.41, 5.74) is -6.17. The molecule has 192 valence electrons. The fourth-order valence-electron chi connectivity index (χ4n) is 3.45. The number of halogens is 15. The van der Waals surface area contributed by atoms with Crippen molar-refractivity contribution in [2.75, 3.05) is 0 Å². The van der Waals surface area contributed by atoms with Gasteiger partial charge in [0.1, 0.15) is 0 Å². The molecule has 0 aromatic heterocycles. The van der Waals surface area contributed by atoms with E-state index in [4.69, 9.17) is 0 Å². The van der Waals surface area contributed by atoms with Crippen molar-refractivity contribution in [1.29, 1.82) is 0 Å². The van der Waals surface area contributed by atoms with E-state index >= 15 is 0 Å². The molecule has 0 radical (unpaired) electrons. The minimum absolute atomic E-state index is 1.63. The van der Waals surface area contributed by atoms with Gasteiger partial charge in [-0.2, -0.15) is 0 Å². The third-order valence-corrected chi connectivity index (χ3v) is 5.17. The van der Waals surface area contributed by atoms with Gasteiger partial charge in [-0.1, -0.05) is 6.32 Å². The lowest BCUT2D eigenvalue weighted by atomic mass is 9.37. The van der Waals surface area contributed by atoms with E-state index in [2.05, 4.69) is 0 Å². The Morgan fingerprint density at radius 2 is 0.528 bits per heavy atom. The lowest BCUT2D eigenvalue weighted by molar-refractivity contribution is 0.370. The molecule has 16 heteroatoms. The van der Waals surface area contributed by atoms with Gasteiger partial charge in [-0.15, -0.1) is 0 Å². The van der Waals surface area contributed by atoms with Crippen LogP contribution in [0.4, 0.5) is 65.9 Å². The molecule has 0 saturated carbocycles. The third-order valence-electron chi connectivity index (χ3n) is 5.17. The molecule has 0 amide bonds. The minimum Gasteiger partial charge on any atom is -0.204 e. The maximum absolute atomic E-state index is 14.4. The van der Waals surface area contributed by atoms with Crippen LogP contribution in [0.15, 0.2) is 0 Å². The Hall–Kier alpha value is -3.33. The van der Waals surface area contributed by atoms with E-state index in [0.717, 1.165) is 0 Å². The quantitative estimate of drug-likeness (QED) is 0.171. The van der Waals surface area contributed by atoms with Crippen molar-refractivity contribution in [1.82, 2.24) is 0 Å². The molecule has 0 fully saturated rings. The number of benzene rings is 3. The largest absolute Gasteiger partial charge is 0.225 e. The Morgan fingerprint density at radius 1 is 0.306 bits per heavy atom. The van der Waals surface area contributed by atoms with Gasteiger partial charge in [-0.05, 0) is 6.42 Å². The van der Waals surface area contributed by atoms with Gasteiger partial charge in [-0.25, -0.2) is 65.9 Å². The predicted molar refractivity (Wildman–Crippen MR) is 92.2 cm³/mol. The van der Waals surface area contributed by atoms with E-state index in [1.54, 1.807) is 0 Å².